The summed E-state index contributed by atoms with van der Waals surface area (Å²) < 4.78 is 14.3. The minimum atomic E-state index is -0.411. The molecule has 1 atom stereocenters. The molecule has 2 heterocycles. The van der Waals surface area contributed by atoms with Crippen molar-refractivity contribution in [3.8, 4) is 0 Å². The van der Waals surface area contributed by atoms with Crippen molar-refractivity contribution in [3.63, 3.8) is 0 Å². The second-order valence-electron chi connectivity index (χ2n) is 8.19. The molecule has 1 saturated carbocycles. The largest absolute Gasteiger partial charge is 0.356 e. The van der Waals surface area contributed by atoms with Gasteiger partial charge in [0.05, 0.1) is 6.04 Å². The summed E-state index contributed by atoms with van der Waals surface area (Å²) in [7, 11) is 0. The number of carbonyl (C=O) groups excluding carboxylic acids is 1. The van der Waals surface area contributed by atoms with Gasteiger partial charge >= 0.3 is 11.7 Å². The maximum absolute atomic E-state index is 14.3. The fourth-order valence-corrected chi connectivity index (χ4v) is 4.52. The molecule has 4 rings (SSSR count). The molecule has 0 bridgehead atoms. The average molecular weight is 448 g/mol. The van der Waals surface area contributed by atoms with Gasteiger partial charge in [-0.05, 0) is 55.9 Å². The number of aromatic nitrogens is 2. The van der Waals surface area contributed by atoms with Crippen LogP contribution >= 0.6 is 11.6 Å². The molecule has 2 aromatic rings. The van der Waals surface area contributed by atoms with Crippen LogP contribution in [0.5, 0.6) is 0 Å². The van der Waals surface area contributed by atoms with Crippen LogP contribution in [0.4, 0.5) is 15.0 Å². The SMILES string of the molecule is CCc1cc(CNC(=O)N(C2CC2)[C@@H]2CCCN(c3ccnc(=O)[nH]3)C2)c(F)cc1Cl. The number of nitrogens with zero attached hydrogens (tertiary/aromatic N) is 3. The zero-order valence-corrected chi connectivity index (χ0v) is 18.3. The predicted octanol–water partition coefficient (Wildman–Crippen LogP) is 3.47. The highest BCUT2D eigenvalue weighted by Crippen LogP contribution is 2.32. The number of anilines is 1. The van der Waals surface area contributed by atoms with Gasteiger partial charge < -0.3 is 15.1 Å². The Bertz CT molecular complexity index is 1010. The van der Waals surface area contributed by atoms with Gasteiger partial charge in [0.25, 0.3) is 0 Å². The first-order chi connectivity index (χ1) is 15.0. The van der Waals surface area contributed by atoms with Gasteiger partial charge in [-0.2, -0.15) is 0 Å². The Balaban J connectivity index is 1.45. The van der Waals surface area contributed by atoms with Crippen molar-refractivity contribution in [2.75, 3.05) is 18.0 Å². The third-order valence-electron chi connectivity index (χ3n) is 5.99. The number of halogens is 2. The van der Waals surface area contributed by atoms with Crippen LogP contribution in [0.2, 0.25) is 5.02 Å². The lowest BCUT2D eigenvalue weighted by Crippen LogP contribution is -2.54. The molecule has 1 saturated heterocycles. The number of rotatable bonds is 6. The van der Waals surface area contributed by atoms with Crippen molar-refractivity contribution >= 4 is 23.4 Å². The van der Waals surface area contributed by atoms with E-state index in [1.807, 2.05) is 11.8 Å². The van der Waals surface area contributed by atoms with Crippen LogP contribution in [-0.4, -0.2) is 46.1 Å². The number of hydrogen-bond acceptors (Lipinski definition) is 4. The monoisotopic (exact) mass is 447 g/mol. The van der Waals surface area contributed by atoms with E-state index in [1.54, 1.807) is 12.1 Å². The molecule has 7 nitrogen and oxygen atoms in total. The molecule has 1 aromatic carbocycles. The summed E-state index contributed by atoms with van der Waals surface area (Å²) >= 11 is 6.07. The maximum atomic E-state index is 14.3. The second-order valence-corrected chi connectivity index (χ2v) is 8.60. The molecule has 1 aliphatic carbocycles. The van der Waals surface area contributed by atoms with Crippen molar-refractivity contribution in [2.45, 2.75) is 57.7 Å². The van der Waals surface area contributed by atoms with Crippen molar-refractivity contribution < 1.29 is 9.18 Å². The van der Waals surface area contributed by atoms with E-state index < -0.39 is 5.82 Å². The van der Waals surface area contributed by atoms with Crippen LogP contribution < -0.4 is 15.9 Å². The summed E-state index contributed by atoms with van der Waals surface area (Å²) in [5.74, 6) is 0.308. The van der Waals surface area contributed by atoms with Gasteiger partial charge in [-0.15, -0.1) is 0 Å². The number of urea groups is 1. The summed E-state index contributed by atoms with van der Waals surface area (Å²) in [5.41, 5.74) is 0.915. The number of nitrogens with one attached hydrogen (secondary N) is 2. The Labute approximate surface area is 185 Å². The third kappa shape index (κ3) is 5.01. The van der Waals surface area contributed by atoms with Gasteiger partial charge in [0.1, 0.15) is 11.6 Å². The van der Waals surface area contributed by atoms with Crippen LogP contribution in [0, 0.1) is 5.82 Å². The lowest BCUT2D eigenvalue weighted by atomic mass is 10.0. The van der Waals surface area contributed by atoms with E-state index in [9.17, 15) is 14.0 Å². The lowest BCUT2D eigenvalue weighted by Gasteiger charge is -2.40. The summed E-state index contributed by atoms with van der Waals surface area (Å²) in [6.07, 6.45) is 5.95. The van der Waals surface area contributed by atoms with Crippen LogP contribution in [-0.2, 0) is 13.0 Å². The van der Waals surface area contributed by atoms with E-state index in [1.165, 1.54) is 12.3 Å². The average Bonchev–Trinajstić information content (AvgIpc) is 3.58. The maximum Gasteiger partial charge on any atom is 0.346 e. The molecular weight excluding hydrogens is 421 g/mol. The zero-order valence-electron chi connectivity index (χ0n) is 17.5. The second kappa shape index (κ2) is 9.26. The van der Waals surface area contributed by atoms with Crippen LogP contribution in [0.25, 0.3) is 0 Å². The Hall–Kier alpha value is -2.61. The summed E-state index contributed by atoms with van der Waals surface area (Å²) in [6.45, 7) is 3.53. The number of benzene rings is 1. The molecule has 0 unspecified atom stereocenters. The van der Waals surface area contributed by atoms with Gasteiger partial charge in [-0.1, -0.05) is 18.5 Å². The third-order valence-corrected chi connectivity index (χ3v) is 6.34. The molecule has 166 valence electrons. The molecular formula is C22H27ClFN5O2. The van der Waals surface area contributed by atoms with E-state index in [-0.39, 0.29) is 30.3 Å². The van der Waals surface area contributed by atoms with Crippen molar-refractivity contribution in [3.05, 3.63) is 56.8 Å². The highest BCUT2D eigenvalue weighted by molar-refractivity contribution is 6.31. The molecule has 2 aliphatic rings. The van der Waals surface area contributed by atoms with Gasteiger partial charge in [0.2, 0.25) is 0 Å². The highest BCUT2D eigenvalue weighted by atomic mass is 35.5. The van der Waals surface area contributed by atoms with Crippen LogP contribution in [0.15, 0.2) is 29.2 Å². The van der Waals surface area contributed by atoms with E-state index in [0.29, 0.717) is 23.6 Å². The number of amides is 2. The van der Waals surface area contributed by atoms with Crippen molar-refractivity contribution in [2.24, 2.45) is 0 Å². The van der Waals surface area contributed by atoms with E-state index in [0.717, 1.165) is 43.6 Å². The fraction of sp³-hybridized carbons (Fsp3) is 0.500. The molecule has 2 fully saturated rings. The van der Waals surface area contributed by atoms with Crippen molar-refractivity contribution in [1.82, 2.24) is 20.2 Å². The molecule has 31 heavy (non-hydrogen) atoms. The lowest BCUT2D eigenvalue weighted by molar-refractivity contribution is 0.160. The van der Waals surface area contributed by atoms with E-state index >= 15 is 0 Å². The summed E-state index contributed by atoms with van der Waals surface area (Å²) in [6, 6.07) is 4.88. The Morgan fingerprint density at radius 1 is 1.32 bits per heavy atom. The predicted molar refractivity (Wildman–Crippen MR) is 118 cm³/mol. The first-order valence-electron chi connectivity index (χ1n) is 10.8. The number of aryl methyl sites for hydroxylation is 1. The smallest absolute Gasteiger partial charge is 0.346 e. The number of carbonyl (C=O) groups is 1. The van der Waals surface area contributed by atoms with Crippen molar-refractivity contribution in [1.29, 1.82) is 0 Å². The number of piperidine rings is 1. The van der Waals surface area contributed by atoms with Gasteiger partial charge in [-0.25, -0.2) is 19.0 Å². The topological polar surface area (TPSA) is 81.3 Å². The molecule has 2 N–H and O–H groups in total. The molecule has 2 amide bonds. The Kier molecular flexibility index (Phi) is 6.46. The summed E-state index contributed by atoms with van der Waals surface area (Å²) in [4.78, 5) is 35.1. The highest BCUT2D eigenvalue weighted by Gasteiger charge is 2.39. The molecule has 1 aliphatic heterocycles. The van der Waals surface area contributed by atoms with Gasteiger partial charge in [0, 0.05) is 42.5 Å². The number of hydrogen-bond donors (Lipinski definition) is 2. The minimum Gasteiger partial charge on any atom is -0.356 e. The van der Waals surface area contributed by atoms with Gasteiger partial charge in [-0.3, -0.25) is 4.98 Å². The number of H-pyrrole nitrogens is 1. The molecule has 0 radical (unpaired) electrons. The normalized spacial score (nSPS) is 18.7. The fourth-order valence-electron chi connectivity index (χ4n) is 4.24. The zero-order chi connectivity index (χ0) is 22.0. The van der Waals surface area contributed by atoms with Crippen LogP contribution in [0.3, 0.4) is 0 Å². The van der Waals surface area contributed by atoms with Crippen LogP contribution in [0.1, 0.15) is 43.7 Å². The quantitative estimate of drug-likeness (QED) is 0.710. The summed E-state index contributed by atoms with van der Waals surface area (Å²) in [5, 5.41) is 3.32. The molecule has 1 aromatic heterocycles. The molecule has 9 heteroatoms. The van der Waals surface area contributed by atoms with Gasteiger partial charge in [0.15, 0.2) is 0 Å². The van der Waals surface area contributed by atoms with E-state index in [4.69, 9.17) is 11.6 Å². The standard InChI is InChI=1S/C22H27ClFN5O2/c1-2-14-10-15(19(24)11-18(14)23)12-26-22(31)29(16-5-6-16)17-4-3-9-28(13-17)20-7-8-25-21(30)27-20/h7-8,10-11,16-17H,2-6,9,12-13H2,1H3,(H,26,31)(H,25,27,30)/t17-/m1/s1. The molecule has 0 spiro atoms. The van der Waals surface area contributed by atoms with E-state index in [2.05, 4.69) is 20.2 Å². The minimum absolute atomic E-state index is 0.0270. The first-order valence-corrected chi connectivity index (χ1v) is 11.2. The first kappa shape index (κ1) is 21.6. The Morgan fingerprint density at radius 3 is 2.84 bits per heavy atom. The number of aromatic amines is 1. The Morgan fingerprint density at radius 2 is 2.13 bits per heavy atom.